The molecule has 13 heteroatoms. The normalized spacial score (nSPS) is 11.4. The molecule has 0 saturated carbocycles. The van der Waals surface area contributed by atoms with Crippen LogP contribution < -0.4 is 10.0 Å². The number of nitrogens with one attached hydrogen (secondary N) is 2. The SMILES string of the molecule is CCCSc1nnc(NS(=O)(=O)c2nnc(NC(=O)c3ccccc3C)s2)s1. The van der Waals surface area contributed by atoms with Gasteiger partial charge in [-0.2, -0.15) is 8.42 Å². The molecule has 0 spiro atoms. The maximum Gasteiger partial charge on any atom is 0.293 e. The molecular weight excluding hydrogens is 440 g/mol. The molecule has 2 N–H and O–H groups in total. The lowest BCUT2D eigenvalue weighted by atomic mass is 10.1. The maximum absolute atomic E-state index is 12.5. The molecule has 0 bridgehead atoms. The van der Waals surface area contributed by atoms with Crippen LogP contribution in [0.4, 0.5) is 10.3 Å². The standard InChI is InChI=1S/C15H16N6O3S4/c1-3-8-25-14-19-18-13(26-14)21-28(23,24)15-20-17-12(27-15)16-11(22)10-7-5-4-6-9(10)2/h4-7H,3,8H2,1-2H3,(H,18,21)(H,16,17,22). The summed E-state index contributed by atoms with van der Waals surface area (Å²) in [6.45, 7) is 3.85. The fourth-order valence-corrected chi connectivity index (χ4v) is 5.82. The Morgan fingerprint density at radius 3 is 2.61 bits per heavy atom. The Morgan fingerprint density at radius 1 is 1.11 bits per heavy atom. The first-order valence-electron chi connectivity index (χ1n) is 8.08. The quantitative estimate of drug-likeness (QED) is 0.391. The van der Waals surface area contributed by atoms with E-state index in [0.29, 0.717) is 9.90 Å². The Balaban J connectivity index is 1.69. The molecule has 0 aliphatic rings. The average molecular weight is 457 g/mol. The Bertz CT molecular complexity index is 1080. The number of carbonyl (C=O) groups excluding carboxylic acids is 1. The van der Waals surface area contributed by atoms with Gasteiger partial charge in [-0.25, -0.2) is 0 Å². The predicted octanol–water partition coefficient (Wildman–Crippen LogP) is 3.25. The van der Waals surface area contributed by atoms with Crippen LogP contribution in [0.5, 0.6) is 0 Å². The van der Waals surface area contributed by atoms with Crippen LogP contribution in [0.25, 0.3) is 0 Å². The molecule has 0 aliphatic heterocycles. The summed E-state index contributed by atoms with van der Waals surface area (Å²) < 4.78 is 27.7. The minimum absolute atomic E-state index is 0.0880. The number of hydrogen-bond donors (Lipinski definition) is 2. The van der Waals surface area contributed by atoms with E-state index < -0.39 is 10.0 Å². The van der Waals surface area contributed by atoms with Crippen molar-refractivity contribution >= 4 is 60.6 Å². The molecular formula is C15H16N6O3S4. The Labute approximate surface area is 174 Å². The van der Waals surface area contributed by atoms with Crippen LogP contribution in [-0.2, 0) is 10.0 Å². The summed E-state index contributed by atoms with van der Waals surface area (Å²) in [7, 11) is -3.97. The number of sulfonamides is 1. The Hall–Kier alpha value is -2.09. The van der Waals surface area contributed by atoms with E-state index in [0.717, 1.165) is 40.4 Å². The van der Waals surface area contributed by atoms with Crippen molar-refractivity contribution in [3.63, 3.8) is 0 Å². The molecule has 1 aromatic carbocycles. The van der Waals surface area contributed by atoms with Gasteiger partial charge in [0.15, 0.2) is 4.34 Å². The van der Waals surface area contributed by atoms with Gasteiger partial charge in [-0.05, 0) is 25.0 Å². The zero-order chi connectivity index (χ0) is 20.1. The first-order valence-corrected chi connectivity index (χ1v) is 12.2. The molecule has 3 aromatic rings. The van der Waals surface area contributed by atoms with Crippen molar-refractivity contribution in [3.8, 4) is 0 Å². The lowest BCUT2D eigenvalue weighted by Gasteiger charge is -2.03. The highest BCUT2D eigenvalue weighted by Gasteiger charge is 2.23. The molecule has 148 valence electrons. The van der Waals surface area contributed by atoms with Crippen molar-refractivity contribution in [2.24, 2.45) is 0 Å². The maximum atomic E-state index is 12.5. The van der Waals surface area contributed by atoms with Gasteiger partial charge in [-0.15, -0.1) is 20.4 Å². The number of aryl methyl sites for hydroxylation is 1. The number of benzene rings is 1. The Kier molecular flexibility index (Phi) is 6.59. The van der Waals surface area contributed by atoms with E-state index in [1.54, 1.807) is 12.1 Å². The third-order valence-corrected chi connectivity index (χ3v) is 8.16. The summed E-state index contributed by atoms with van der Waals surface area (Å²) in [5.74, 6) is 0.495. The third-order valence-electron chi connectivity index (χ3n) is 3.30. The molecule has 1 amide bonds. The average Bonchev–Trinajstić information content (AvgIpc) is 3.30. The number of carbonyl (C=O) groups is 1. The molecule has 2 aromatic heterocycles. The van der Waals surface area contributed by atoms with Gasteiger partial charge < -0.3 is 0 Å². The van der Waals surface area contributed by atoms with Gasteiger partial charge in [0.2, 0.25) is 10.3 Å². The zero-order valence-electron chi connectivity index (χ0n) is 14.9. The van der Waals surface area contributed by atoms with Crippen LogP contribution in [-0.4, -0.2) is 40.5 Å². The number of thioether (sulfide) groups is 1. The number of rotatable bonds is 8. The number of hydrogen-bond acceptors (Lipinski definition) is 10. The van der Waals surface area contributed by atoms with Gasteiger partial charge >= 0.3 is 0 Å². The molecule has 0 atom stereocenters. The molecule has 28 heavy (non-hydrogen) atoms. The van der Waals surface area contributed by atoms with Gasteiger partial charge in [0.1, 0.15) is 0 Å². The van der Waals surface area contributed by atoms with Gasteiger partial charge in [-0.1, -0.05) is 59.6 Å². The molecule has 0 aliphatic carbocycles. The second-order valence-corrected chi connectivity index (χ2v) is 10.6. The second kappa shape index (κ2) is 8.94. The minimum Gasteiger partial charge on any atom is -0.296 e. The summed E-state index contributed by atoms with van der Waals surface area (Å²) >= 11 is 3.41. The predicted molar refractivity (Wildman–Crippen MR) is 111 cm³/mol. The van der Waals surface area contributed by atoms with Gasteiger partial charge in [-0.3, -0.25) is 14.8 Å². The number of aromatic nitrogens is 4. The van der Waals surface area contributed by atoms with Crippen LogP contribution in [0.15, 0.2) is 32.9 Å². The van der Waals surface area contributed by atoms with Crippen molar-refractivity contribution in [1.82, 2.24) is 20.4 Å². The summed E-state index contributed by atoms with van der Waals surface area (Å²) in [5, 5.41) is 18.0. The van der Waals surface area contributed by atoms with Crippen molar-refractivity contribution < 1.29 is 13.2 Å². The van der Waals surface area contributed by atoms with E-state index in [1.165, 1.54) is 11.8 Å². The fraction of sp³-hybridized carbons (Fsp3) is 0.267. The molecule has 2 heterocycles. The van der Waals surface area contributed by atoms with Crippen LogP contribution >= 0.6 is 34.4 Å². The van der Waals surface area contributed by atoms with E-state index in [1.807, 2.05) is 26.0 Å². The molecule has 0 radical (unpaired) electrons. The van der Waals surface area contributed by atoms with Crippen LogP contribution in [0.1, 0.15) is 29.3 Å². The number of amides is 1. The summed E-state index contributed by atoms with van der Waals surface area (Å²) in [5.41, 5.74) is 1.28. The van der Waals surface area contributed by atoms with E-state index in [9.17, 15) is 13.2 Å². The highest BCUT2D eigenvalue weighted by Crippen LogP contribution is 2.28. The smallest absolute Gasteiger partial charge is 0.293 e. The van der Waals surface area contributed by atoms with Crippen molar-refractivity contribution in [2.75, 3.05) is 15.8 Å². The topological polar surface area (TPSA) is 127 Å². The number of anilines is 2. The lowest BCUT2D eigenvalue weighted by Crippen LogP contribution is -2.13. The van der Waals surface area contributed by atoms with E-state index in [2.05, 4.69) is 30.4 Å². The monoisotopic (exact) mass is 456 g/mol. The highest BCUT2D eigenvalue weighted by molar-refractivity contribution is 8.01. The van der Waals surface area contributed by atoms with E-state index in [4.69, 9.17) is 0 Å². The molecule has 3 rings (SSSR count). The molecule has 9 nitrogen and oxygen atoms in total. The first kappa shape index (κ1) is 20.6. The molecule has 0 unspecified atom stereocenters. The van der Waals surface area contributed by atoms with E-state index >= 15 is 0 Å². The Morgan fingerprint density at radius 2 is 1.86 bits per heavy atom. The van der Waals surface area contributed by atoms with Crippen molar-refractivity contribution in [1.29, 1.82) is 0 Å². The minimum atomic E-state index is -3.97. The van der Waals surface area contributed by atoms with Crippen molar-refractivity contribution in [2.45, 2.75) is 28.9 Å². The van der Waals surface area contributed by atoms with Crippen LogP contribution in [0.3, 0.4) is 0 Å². The third kappa shape index (κ3) is 5.04. The van der Waals surface area contributed by atoms with E-state index in [-0.39, 0.29) is 20.5 Å². The highest BCUT2D eigenvalue weighted by atomic mass is 32.2. The fourth-order valence-electron chi connectivity index (χ4n) is 2.02. The van der Waals surface area contributed by atoms with Gasteiger partial charge in [0.25, 0.3) is 20.3 Å². The lowest BCUT2D eigenvalue weighted by molar-refractivity contribution is 0.102. The summed E-state index contributed by atoms with van der Waals surface area (Å²) in [6.07, 6.45) is 0.979. The molecule has 0 saturated heterocycles. The largest absolute Gasteiger partial charge is 0.296 e. The van der Waals surface area contributed by atoms with Gasteiger partial charge in [0, 0.05) is 11.3 Å². The molecule has 0 fully saturated rings. The van der Waals surface area contributed by atoms with Crippen LogP contribution in [0, 0.1) is 6.92 Å². The van der Waals surface area contributed by atoms with Crippen molar-refractivity contribution in [3.05, 3.63) is 35.4 Å². The summed E-state index contributed by atoms with van der Waals surface area (Å²) in [4.78, 5) is 12.3. The second-order valence-electron chi connectivity index (χ2n) is 5.47. The zero-order valence-corrected chi connectivity index (χ0v) is 18.1. The number of nitrogens with zero attached hydrogens (tertiary/aromatic N) is 4. The summed E-state index contributed by atoms with van der Waals surface area (Å²) in [6, 6.07) is 7.06. The van der Waals surface area contributed by atoms with Gasteiger partial charge in [0.05, 0.1) is 0 Å². The first-order chi connectivity index (χ1) is 13.4. The van der Waals surface area contributed by atoms with Crippen LogP contribution in [0.2, 0.25) is 0 Å².